The second-order valence-corrected chi connectivity index (χ2v) is 10.8. The van der Waals surface area contributed by atoms with Crippen molar-refractivity contribution >= 4 is 29.7 Å². The zero-order valence-corrected chi connectivity index (χ0v) is 21.7. The lowest BCUT2D eigenvalue weighted by Gasteiger charge is -2.41. The van der Waals surface area contributed by atoms with Crippen molar-refractivity contribution in [2.45, 2.75) is 70.1 Å². The Morgan fingerprint density at radius 1 is 1.08 bits per heavy atom. The number of carbonyl (C=O) groups excluding carboxylic acids is 3. The quantitative estimate of drug-likeness (QED) is 0.505. The number of amides is 3. The third-order valence-corrected chi connectivity index (χ3v) is 6.82. The summed E-state index contributed by atoms with van der Waals surface area (Å²) in [4.78, 5) is 43.1. The predicted octanol–water partition coefficient (Wildman–Crippen LogP) is 5.80. The highest BCUT2D eigenvalue weighted by Crippen LogP contribution is 2.35. The largest absolute Gasteiger partial charge is 0.447 e. The first-order valence-corrected chi connectivity index (χ1v) is 12.8. The molecule has 0 bridgehead atoms. The molecule has 2 aliphatic heterocycles. The molecule has 0 aliphatic carbocycles. The van der Waals surface area contributed by atoms with Crippen LogP contribution in [0, 0.1) is 0 Å². The average Bonchev–Trinajstić information content (AvgIpc) is 3.20. The second kappa shape index (κ2) is 10.9. The van der Waals surface area contributed by atoms with E-state index in [1.54, 1.807) is 29.2 Å². The van der Waals surface area contributed by atoms with E-state index in [4.69, 9.17) is 21.1 Å². The molecule has 0 unspecified atom stereocenters. The zero-order chi connectivity index (χ0) is 25.9. The lowest BCUT2D eigenvalue weighted by Crippen LogP contribution is -2.53. The molecule has 3 atom stereocenters. The molecule has 8 heteroatoms. The van der Waals surface area contributed by atoms with E-state index in [9.17, 15) is 14.4 Å². The van der Waals surface area contributed by atoms with Gasteiger partial charge in [0.15, 0.2) is 0 Å². The molecule has 3 amide bonds. The minimum Gasteiger partial charge on any atom is -0.447 e. The number of nitrogens with zero attached hydrogens (tertiary/aromatic N) is 2. The fourth-order valence-electron chi connectivity index (χ4n) is 4.97. The van der Waals surface area contributed by atoms with Gasteiger partial charge in [-0.15, -0.1) is 0 Å². The smallest absolute Gasteiger partial charge is 0.417 e. The Labute approximate surface area is 217 Å². The van der Waals surface area contributed by atoms with Crippen molar-refractivity contribution in [1.82, 2.24) is 9.80 Å². The normalized spacial score (nSPS) is 21.2. The molecule has 2 aromatic rings. The Bertz CT molecular complexity index is 1080. The molecule has 0 radical (unpaired) electrons. The number of benzene rings is 2. The summed E-state index contributed by atoms with van der Waals surface area (Å²) in [6, 6.07) is 15.8. The van der Waals surface area contributed by atoms with Gasteiger partial charge in [0.1, 0.15) is 12.2 Å². The topological polar surface area (TPSA) is 76.2 Å². The Hall–Kier alpha value is -3.06. The van der Waals surface area contributed by atoms with Crippen LogP contribution < -0.4 is 0 Å². The van der Waals surface area contributed by atoms with E-state index in [0.717, 1.165) is 18.4 Å². The number of hydrogen-bond acceptors (Lipinski definition) is 5. The average molecular weight is 513 g/mol. The van der Waals surface area contributed by atoms with Crippen molar-refractivity contribution in [2.75, 3.05) is 13.2 Å². The van der Waals surface area contributed by atoms with Crippen LogP contribution in [0.25, 0.3) is 0 Å². The summed E-state index contributed by atoms with van der Waals surface area (Å²) in [5, 5.41) is 0.542. The molecule has 4 rings (SSSR count). The van der Waals surface area contributed by atoms with Crippen LogP contribution in [0.3, 0.4) is 0 Å². The summed E-state index contributed by atoms with van der Waals surface area (Å²) in [6.07, 6.45) is 1.68. The van der Waals surface area contributed by atoms with Gasteiger partial charge >= 0.3 is 12.2 Å². The summed E-state index contributed by atoms with van der Waals surface area (Å²) in [6.45, 7) is 6.07. The molecule has 2 aromatic carbocycles. The van der Waals surface area contributed by atoms with Crippen LogP contribution in [0.15, 0.2) is 54.6 Å². The van der Waals surface area contributed by atoms with Crippen LogP contribution in [-0.4, -0.2) is 58.7 Å². The molecule has 0 N–H and O–H groups in total. The van der Waals surface area contributed by atoms with E-state index in [1.165, 1.54) is 4.90 Å². The monoisotopic (exact) mass is 512 g/mol. The number of ether oxygens (including phenoxy) is 2. The van der Waals surface area contributed by atoms with E-state index in [0.29, 0.717) is 30.0 Å². The van der Waals surface area contributed by atoms with Crippen LogP contribution in [0.4, 0.5) is 9.59 Å². The SMILES string of the molecule is CC(C)(C)OC(=O)N1CCCC[C@H]1[C@@H](C(=O)N1C(=O)OC[C@H]1Cc1ccccc1)c1ccc(Cl)cc1. The molecule has 0 spiro atoms. The number of cyclic esters (lactones) is 1. The van der Waals surface area contributed by atoms with Gasteiger partial charge in [-0.2, -0.15) is 0 Å². The predicted molar refractivity (Wildman–Crippen MR) is 137 cm³/mol. The highest BCUT2D eigenvalue weighted by Gasteiger charge is 2.46. The fraction of sp³-hybridized carbons (Fsp3) is 0.464. The van der Waals surface area contributed by atoms with Crippen molar-refractivity contribution in [2.24, 2.45) is 0 Å². The number of carbonyl (C=O) groups is 3. The van der Waals surface area contributed by atoms with Gasteiger partial charge in [0.05, 0.1) is 18.0 Å². The molecule has 0 saturated carbocycles. The first-order chi connectivity index (χ1) is 17.1. The maximum absolute atomic E-state index is 14.2. The van der Waals surface area contributed by atoms with Gasteiger partial charge in [0, 0.05) is 11.6 Å². The second-order valence-electron chi connectivity index (χ2n) is 10.4. The number of likely N-dealkylation sites (tertiary alicyclic amines) is 1. The summed E-state index contributed by atoms with van der Waals surface area (Å²) in [7, 11) is 0. The van der Waals surface area contributed by atoms with Gasteiger partial charge in [-0.1, -0.05) is 54.1 Å². The molecular formula is C28H33ClN2O5. The zero-order valence-electron chi connectivity index (χ0n) is 21.0. The van der Waals surface area contributed by atoms with Crippen LogP contribution in [-0.2, 0) is 20.7 Å². The van der Waals surface area contributed by atoms with E-state index in [2.05, 4.69) is 0 Å². The Balaban J connectivity index is 1.69. The number of hydrogen-bond donors (Lipinski definition) is 0. The van der Waals surface area contributed by atoms with Crippen LogP contribution in [0.2, 0.25) is 5.02 Å². The lowest BCUT2D eigenvalue weighted by atomic mass is 9.84. The van der Waals surface area contributed by atoms with Crippen molar-refractivity contribution in [3.05, 3.63) is 70.7 Å². The minimum absolute atomic E-state index is 0.132. The van der Waals surface area contributed by atoms with Crippen molar-refractivity contribution < 1.29 is 23.9 Å². The third kappa shape index (κ3) is 6.01. The van der Waals surface area contributed by atoms with E-state index in [-0.39, 0.29) is 12.5 Å². The summed E-state index contributed by atoms with van der Waals surface area (Å²) in [5.41, 5.74) is 1.04. The summed E-state index contributed by atoms with van der Waals surface area (Å²) in [5.74, 6) is -1.14. The molecule has 192 valence electrons. The van der Waals surface area contributed by atoms with Gasteiger partial charge in [0.2, 0.25) is 5.91 Å². The molecule has 7 nitrogen and oxygen atoms in total. The van der Waals surface area contributed by atoms with Gasteiger partial charge in [0.25, 0.3) is 0 Å². The molecular weight excluding hydrogens is 480 g/mol. The van der Waals surface area contributed by atoms with Crippen LogP contribution in [0.1, 0.15) is 57.1 Å². The van der Waals surface area contributed by atoms with Crippen molar-refractivity contribution in [1.29, 1.82) is 0 Å². The Morgan fingerprint density at radius 2 is 1.78 bits per heavy atom. The van der Waals surface area contributed by atoms with E-state index >= 15 is 0 Å². The maximum Gasteiger partial charge on any atom is 0.417 e. The van der Waals surface area contributed by atoms with Crippen LogP contribution in [0.5, 0.6) is 0 Å². The lowest BCUT2D eigenvalue weighted by molar-refractivity contribution is -0.132. The number of halogens is 1. The molecule has 2 heterocycles. The summed E-state index contributed by atoms with van der Waals surface area (Å²) >= 11 is 6.14. The maximum atomic E-state index is 14.2. The molecule has 0 aromatic heterocycles. The molecule has 36 heavy (non-hydrogen) atoms. The highest BCUT2D eigenvalue weighted by molar-refractivity contribution is 6.30. The first kappa shape index (κ1) is 26.0. The Morgan fingerprint density at radius 3 is 2.44 bits per heavy atom. The molecule has 2 fully saturated rings. The third-order valence-electron chi connectivity index (χ3n) is 6.57. The van der Waals surface area contributed by atoms with Crippen LogP contribution >= 0.6 is 11.6 Å². The number of imide groups is 1. The number of piperidine rings is 1. The van der Waals surface area contributed by atoms with E-state index in [1.807, 2.05) is 51.1 Å². The van der Waals surface area contributed by atoms with Gasteiger partial charge < -0.3 is 14.4 Å². The van der Waals surface area contributed by atoms with Crippen molar-refractivity contribution in [3.63, 3.8) is 0 Å². The van der Waals surface area contributed by atoms with Gasteiger partial charge in [-0.25, -0.2) is 14.5 Å². The van der Waals surface area contributed by atoms with Gasteiger partial charge in [-0.3, -0.25) is 4.79 Å². The highest BCUT2D eigenvalue weighted by atomic mass is 35.5. The summed E-state index contributed by atoms with van der Waals surface area (Å²) < 4.78 is 11.0. The minimum atomic E-state index is -0.765. The van der Waals surface area contributed by atoms with E-state index < -0.39 is 35.8 Å². The first-order valence-electron chi connectivity index (χ1n) is 12.4. The molecule has 2 saturated heterocycles. The molecule has 2 aliphatic rings. The number of rotatable bonds is 5. The standard InChI is InChI=1S/C28H33ClN2O5/c1-28(2,3)36-26(33)30-16-8-7-11-23(30)24(20-12-14-21(29)15-13-20)25(32)31-22(18-35-27(31)34)17-19-9-5-4-6-10-19/h4-6,9-10,12-15,22-24H,7-8,11,16-18H2,1-3H3/t22-,23+,24+/m1/s1. The van der Waals surface area contributed by atoms with Crippen molar-refractivity contribution in [3.8, 4) is 0 Å². The van der Waals surface area contributed by atoms with Gasteiger partial charge in [-0.05, 0) is 69.7 Å². The fourth-order valence-corrected chi connectivity index (χ4v) is 5.09. The Kier molecular flexibility index (Phi) is 7.88.